The molecule has 0 atom stereocenters. The highest BCUT2D eigenvalue weighted by Crippen LogP contribution is 2.33. The molecule has 3 aromatic rings. The summed E-state index contributed by atoms with van der Waals surface area (Å²) in [6.45, 7) is 0. The van der Waals surface area contributed by atoms with Gasteiger partial charge in [0.15, 0.2) is 0 Å². The molecule has 7 heteroatoms. The molecule has 3 rings (SSSR count). The van der Waals surface area contributed by atoms with E-state index in [0.29, 0.717) is 11.0 Å². The SMILES string of the molecule is NNC(=O)c1cc(Cl)cc(Cl)c1-c1cc2ccccc2oc1=O. The highest BCUT2D eigenvalue weighted by atomic mass is 35.5. The first-order valence-electron chi connectivity index (χ1n) is 6.54. The zero-order valence-corrected chi connectivity index (χ0v) is 13.1. The number of para-hydroxylation sites is 1. The quantitative estimate of drug-likeness (QED) is 0.321. The minimum atomic E-state index is -0.614. The Kier molecular flexibility index (Phi) is 4.09. The second-order valence-corrected chi connectivity index (χ2v) is 5.61. The molecule has 1 aromatic heterocycles. The van der Waals surface area contributed by atoms with Crippen molar-refractivity contribution in [1.82, 2.24) is 5.43 Å². The summed E-state index contributed by atoms with van der Waals surface area (Å²) >= 11 is 12.1. The number of amides is 1. The molecule has 5 nitrogen and oxygen atoms in total. The van der Waals surface area contributed by atoms with Crippen LogP contribution in [0.4, 0.5) is 0 Å². The lowest BCUT2D eigenvalue weighted by atomic mass is 9.99. The fourth-order valence-electron chi connectivity index (χ4n) is 2.34. The Bertz CT molecular complexity index is 983. The van der Waals surface area contributed by atoms with Gasteiger partial charge in [0.2, 0.25) is 0 Å². The van der Waals surface area contributed by atoms with Gasteiger partial charge in [-0.1, -0.05) is 41.4 Å². The van der Waals surface area contributed by atoms with Crippen molar-refractivity contribution in [3.8, 4) is 11.1 Å². The van der Waals surface area contributed by atoms with Gasteiger partial charge in [-0.2, -0.15) is 0 Å². The number of hydrogen-bond acceptors (Lipinski definition) is 4. The molecule has 0 aliphatic heterocycles. The van der Waals surface area contributed by atoms with Gasteiger partial charge in [0.1, 0.15) is 5.58 Å². The molecule has 0 aliphatic carbocycles. The van der Waals surface area contributed by atoms with Crippen molar-refractivity contribution in [2.24, 2.45) is 5.84 Å². The molecule has 0 saturated heterocycles. The first-order chi connectivity index (χ1) is 11.0. The Balaban J connectivity index is 2.36. The summed E-state index contributed by atoms with van der Waals surface area (Å²) in [4.78, 5) is 24.3. The van der Waals surface area contributed by atoms with Crippen molar-refractivity contribution in [2.75, 3.05) is 0 Å². The number of nitrogens with one attached hydrogen (secondary N) is 1. The van der Waals surface area contributed by atoms with Gasteiger partial charge in [0, 0.05) is 16.0 Å². The van der Waals surface area contributed by atoms with Crippen LogP contribution in [0.5, 0.6) is 0 Å². The normalized spacial score (nSPS) is 10.7. The van der Waals surface area contributed by atoms with Gasteiger partial charge < -0.3 is 4.42 Å². The zero-order valence-electron chi connectivity index (χ0n) is 11.6. The van der Waals surface area contributed by atoms with E-state index in [1.165, 1.54) is 12.1 Å². The van der Waals surface area contributed by atoms with E-state index >= 15 is 0 Å². The molecule has 0 fully saturated rings. The average molecular weight is 349 g/mol. The third-order valence-corrected chi connectivity index (χ3v) is 3.86. The molecular formula is C16H10Cl2N2O3. The minimum absolute atomic E-state index is 0.0904. The van der Waals surface area contributed by atoms with E-state index in [9.17, 15) is 9.59 Å². The number of carbonyl (C=O) groups excluding carboxylic acids is 1. The fraction of sp³-hybridized carbons (Fsp3) is 0. The highest BCUT2D eigenvalue weighted by molar-refractivity contribution is 6.37. The van der Waals surface area contributed by atoms with Crippen LogP contribution in [0.25, 0.3) is 22.1 Å². The smallest absolute Gasteiger partial charge is 0.344 e. The third-order valence-electron chi connectivity index (χ3n) is 3.34. The third kappa shape index (κ3) is 2.82. The standard InChI is InChI=1S/C16H10Cl2N2O3/c17-9-6-10(15(21)20-19)14(12(18)7-9)11-5-8-3-1-2-4-13(8)23-16(11)22/h1-7H,19H2,(H,20,21). The summed E-state index contributed by atoms with van der Waals surface area (Å²) in [5.41, 5.74) is 2.31. The van der Waals surface area contributed by atoms with Crippen molar-refractivity contribution in [3.05, 3.63) is 68.5 Å². The molecule has 1 amide bonds. The summed E-state index contributed by atoms with van der Waals surface area (Å²) in [5.74, 6) is 4.58. The molecule has 0 radical (unpaired) electrons. The Morgan fingerprint density at radius 1 is 1.13 bits per heavy atom. The first-order valence-corrected chi connectivity index (χ1v) is 7.30. The maximum Gasteiger partial charge on any atom is 0.344 e. The molecule has 1 heterocycles. The number of nitrogen functional groups attached to an aromatic ring is 1. The van der Waals surface area contributed by atoms with Crippen LogP contribution in [-0.2, 0) is 0 Å². The molecule has 0 spiro atoms. The molecule has 23 heavy (non-hydrogen) atoms. The average Bonchev–Trinajstić information content (AvgIpc) is 2.53. The summed E-state index contributed by atoms with van der Waals surface area (Å²) in [6, 6.07) is 11.5. The second kappa shape index (κ2) is 6.04. The van der Waals surface area contributed by atoms with Crippen LogP contribution in [0.1, 0.15) is 10.4 Å². The number of fused-ring (bicyclic) bond motifs is 1. The van der Waals surface area contributed by atoms with E-state index in [0.717, 1.165) is 0 Å². The van der Waals surface area contributed by atoms with E-state index in [1.807, 2.05) is 11.5 Å². The number of hydrogen-bond donors (Lipinski definition) is 2. The monoisotopic (exact) mass is 348 g/mol. The first kappa shape index (κ1) is 15.6. The Morgan fingerprint density at radius 3 is 2.61 bits per heavy atom. The van der Waals surface area contributed by atoms with Crippen LogP contribution in [0.2, 0.25) is 10.0 Å². The van der Waals surface area contributed by atoms with E-state index in [1.54, 1.807) is 24.3 Å². The Hall–Kier alpha value is -2.34. The van der Waals surface area contributed by atoms with Crippen molar-refractivity contribution in [3.63, 3.8) is 0 Å². The summed E-state index contributed by atoms with van der Waals surface area (Å²) < 4.78 is 5.29. The molecule has 0 saturated carbocycles. The van der Waals surface area contributed by atoms with Gasteiger partial charge >= 0.3 is 5.63 Å². The number of rotatable bonds is 2. The van der Waals surface area contributed by atoms with E-state index in [4.69, 9.17) is 33.5 Å². The zero-order chi connectivity index (χ0) is 16.6. The Morgan fingerprint density at radius 2 is 1.87 bits per heavy atom. The van der Waals surface area contributed by atoms with Gasteiger partial charge in [-0.15, -0.1) is 0 Å². The summed E-state index contributed by atoms with van der Waals surface area (Å²) in [6.07, 6.45) is 0. The molecule has 0 unspecified atom stereocenters. The van der Waals surface area contributed by atoms with Gasteiger partial charge in [-0.25, -0.2) is 10.6 Å². The second-order valence-electron chi connectivity index (χ2n) is 4.77. The lowest BCUT2D eigenvalue weighted by molar-refractivity contribution is 0.0954. The topological polar surface area (TPSA) is 85.3 Å². The van der Waals surface area contributed by atoms with Crippen LogP contribution >= 0.6 is 23.2 Å². The molecule has 0 aliphatic rings. The van der Waals surface area contributed by atoms with Gasteiger partial charge in [0.25, 0.3) is 5.91 Å². The van der Waals surface area contributed by atoms with Crippen LogP contribution in [0, 0.1) is 0 Å². The largest absolute Gasteiger partial charge is 0.422 e. The molecule has 3 N–H and O–H groups in total. The van der Waals surface area contributed by atoms with Gasteiger partial charge in [-0.05, 0) is 24.3 Å². The van der Waals surface area contributed by atoms with E-state index in [2.05, 4.69) is 0 Å². The number of halogens is 2. The summed E-state index contributed by atoms with van der Waals surface area (Å²) in [5, 5.41) is 1.11. The minimum Gasteiger partial charge on any atom is -0.422 e. The van der Waals surface area contributed by atoms with E-state index < -0.39 is 11.5 Å². The molecule has 0 bridgehead atoms. The lowest BCUT2D eigenvalue weighted by Crippen LogP contribution is -2.30. The van der Waals surface area contributed by atoms with Gasteiger partial charge in [0.05, 0.1) is 16.1 Å². The van der Waals surface area contributed by atoms with E-state index in [-0.39, 0.29) is 26.7 Å². The fourth-order valence-corrected chi connectivity index (χ4v) is 2.94. The molecule has 2 aromatic carbocycles. The highest BCUT2D eigenvalue weighted by Gasteiger charge is 2.20. The maximum absolute atomic E-state index is 12.3. The van der Waals surface area contributed by atoms with Crippen LogP contribution in [0.3, 0.4) is 0 Å². The number of nitrogens with two attached hydrogens (primary N) is 1. The summed E-state index contributed by atoms with van der Waals surface area (Å²) in [7, 11) is 0. The number of carbonyl (C=O) groups is 1. The van der Waals surface area contributed by atoms with Crippen molar-refractivity contribution < 1.29 is 9.21 Å². The molecular weight excluding hydrogens is 339 g/mol. The maximum atomic E-state index is 12.3. The predicted octanol–water partition coefficient (Wildman–Crippen LogP) is 3.37. The molecule has 116 valence electrons. The van der Waals surface area contributed by atoms with Crippen LogP contribution < -0.4 is 16.9 Å². The van der Waals surface area contributed by atoms with Crippen molar-refractivity contribution in [1.29, 1.82) is 0 Å². The predicted molar refractivity (Wildman–Crippen MR) is 89.6 cm³/mol. The van der Waals surface area contributed by atoms with Gasteiger partial charge in [-0.3, -0.25) is 10.2 Å². The Labute approximate surface area is 140 Å². The number of hydrazine groups is 1. The van der Waals surface area contributed by atoms with Crippen molar-refractivity contribution in [2.45, 2.75) is 0 Å². The van der Waals surface area contributed by atoms with Crippen molar-refractivity contribution >= 4 is 40.1 Å². The lowest BCUT2D eigenvalue weighted by Gasteiger charge is -2.11. The van der Waals surface area contributed by atoms with Crippen LogP contribution in [-0.4, -0.2) is 5.91 Å². The number of benzene rings is 2. The van der Waals surface area contributed by atoms with Crippen LogP contribution in [0.15, 0.2) is 51.7 Å².